The number of hydrogen-bond donors (Lipinski definition) is 6. The van der Waals surface area contributed by atoms with Gasteiger partial charge in [0.05, 0.1) is 20.3 Å². The van der Waals surface area contributed by atoms with E-state index in [4.69, 9.17) is 10.5 Å². The first-order valence-corrected chi connectivity index (χ1v) is 12.4. The van der Waals surface area contributed by atoms with Crippen molar-refractivity contribution in [3.8, 4) is 0 Å². The molecule has 0 saturated heterocycles. The zero-order valence-corrected chi connectivity index (χ0v) is 23.2. The molecule has 5 amide bonds. The van der Waals surface area contributed by atoms with Gasteiger partial charge in [0.15, 0.2) is 0 Å². The molecule has 1 rings (SSSR count). The fourth-order valence-corrected chi connectivity index (χ4v) is 3.49. The molecule has 0 saturated carbocycles. The van der Waals surface area contributed by atoms with E-state index in [1.54, 1.807) is 31.3 Å². The molecule has 0 spiro atoms. The fraction of sp³-hybridized carbons (Fsp3) is 0.520. The van der Waals surface area contributed by atoms with Crippen LogP contribution >= 0.6 is 0 Å². The summed E-state index contributed by atoms with van der Waals surface area (Å²) in [5, 5.41) is 12.9. The maximum atomic E-state index is 13.0. The van der Waals surface area contributed by atoms with Crippen molar-refractivity contribution in [2.24, 2.45) is 11.7 Å². The number of carbonyl (C=O) groups excluding carboxylic acids is 6. The number of hydrogen-bond acceptors (Lipinski definition) is 10. The lowest BCUT2D eigenvalue weighted by Crippen LogP contribution is -2.52. The summed E-state index contributed by atoms with van der Waals surface area (Å²) in [7, 11) is 3.75. The lowest BCUT2D eigenvalue weighted by atomic mass is 10.0. The topological polar surface area (TPSA) is 216 Å². The number of benzene rings is 1. The summed E-state index contributed by atoms with van der Waals surface area (Å²) >= 11 is 0. The van der Waals surface area contributed by atoms with Gasteiger partial charge in [-0.3, -0.25) is 14.9 Å². The van der Waals surface area contributed by atoms with Crippen LogP contribution in [0.5, 0.6) is 0 Å². The summed E-state index contributed by atoms with van der Waals surface area (Å²) in [5.41, 5.74) is 6.03. The van der Waals surface area contributed by atoms with Gasteiger partial charge in [-0.25, -0.2) is 19.2 Å². The maximum Gasteiger partial charge on any atom is 0.408 e. The molecule has 0 unspecified atom stereocenters. The highest BCUT2D eigenvalue weighted by molar-refractivity contribution is 6.01. The minimum Gasteiger partial charge on any atom is -0.467 e. The monoisotopic (exact) mass is 566 g/mol. The van der Waals surface area contributed by atoms with Gasteiger partial charge in [0.25, 0.3) is 0 Å². The second-order valence-electron chi connectivity index (χ2n) is 8.89. The molecule has 7 N–H and O–H groups in total. The summed E-state index contributed by atoms with van der Waals surface area (Å²) < 4.78 is 13.9. The van der Waals surface area contributed by atoms with E-state index in [1.165, 1.54) is 0 Å². The van der Waals surface area contributed by atoms with Crippen molar-refractivity contribution in [1.82, 2.24) is 21.3 Å². The van der Waals surface area contributed by atoms with Crippen LogP contribution in [-0.4, -0.2) is 81.8 Å². The van der Waals surface area contributed by atoms with E-state index in [0.29, 0.717) is 17.7 Å². The van der Waals surface area contributed by atoms with Gasteiger partial charge in [0.1, 0.15) is 12.6 Å². The number of alkyl carbamates (subject to hydrolysis) is 1. The summed E-state index contributed by atoms with van der Waals surface area (Å²) in [6, 6.07) is 2.54. The Morgan fingerprint density at radius 3 is 2.00 bits per heavy atom. The Morgan fingerprint density at radius 1 is 0.900 bits per heavy atom. The first-order chi connectivity index (χ1) is 18.9. The molecule has 0 radical (unpaired) electrons. The van der Waals surface area contributed by atoms with E-state index in [2.05, 4.69) is 36.1 Å². The molecular formula is C25H38N6O9. The molecular weight excluding hydrogens is 528 g/mol. The predicted molar refractivity (Wildman–Crippen MR) is 143 cm³/mol. The zero-order valence-electron chi connectivity index (χ0n) is 23.2. The molecule has 0 fully saturated rings. The van der Waals surface area contributed by atoms with Crippen molar-refractivity contribution in [3.63, 3.8) is 0 Å². The minimum absolute atomic E-state index is 0.0195. The van der Waals surface area contributed by atoms with Crippen LogP contribution in [0.15, 0.2) is 24.3 Å². The zero-order chi connectivity index (χ0) is 30.2. The molecule has 0 heterocycles. The lowest BCUT2D eigenvalue weighted by Gasteiger charge is -2.24. The number of methoxy groups -OCH3 is 2. The van der Waals surface area contributed by atoms with Crippen LogP contribution in [0.25, 0.3) is 0 Å². The minimum atomic E-state index is -1.68. The Morgan fingerprint density at radius 2 is 1.50 bits per heavy atom. The third kappa shape index (κ3) is 11.6. The van der Waals surface area contributed by atoms with Crippen molar-refractivity contribution in [2.45, 2.75) is 51.4 Å². The molecule has 0 aliphatic rings. The van der Waals surface area contributed by atoms with E-state index < -0.39 is 48.1 Å². The molecule has 222 valence electrons. The molecule has 0 aromatic heterocycles. The Hall–Kier alpha value is -4.40. The molecule has 15 heteroatoms. The van der Waals surface area contributed by atoms with E-state index in [9.17, 15) is 28.8 Å². The Balaban J connectivity index is 2.79. The summed E-state index contributed by atoms with van der Waals surface area (Å²) in [5.74, 6) is -2.87. The van der Waals surface area contributed by atoms with Crippen molar-refractivity contribution < 1.29 is 43.0 Å². The normalized spacial score (nSPS) is 12.1. The number of esters is 2. The number of nitrogens with one attached hydrogen (secondary N) is 5. The quantitative estimate of drug-likeness (QED) is 0.0707. The lowest BCUT2D eigenvalue weighted by molar-refractivity contribution is -0.155. The van der Waals surface area contributed by atoms with Crippen LogP contribution in [0.2, 0.25) is 0 Å². The van der Waals surface area contributed by atoms with Gasteiger partial charge < -0.3 is 41.2 Å². The van der Waals surface area contributed by atoms with Crippen LogP contribution in [0.3, 0.4) is 0 Å². The third-order valence-electron chi connectivity index (χ3n) is 5.59. The van der Waals surface area contributed by atoms with E-state index in [-0.39, 0.29) is 31.4 Å². The summed E-state index contributed by atoms with van der Waals surface area (Å²) in [6.45, 7) is 3.77. The van der Waals surface area contributed by atoms with E-state index in [0.717, 1.165) is 14.2 Å². The number of primary amides is 1. The number of rotatable bonds is 15. The second kappa shape index (κ2) is 17.2. The first kappa shape index (κ1) is 33.6. The Kier molecular flexibility index (Phi) is 14.5. The molecule has 40 heavy (non-hydrogen) atoms. The van der Waals surface area contributed by atoms with Gasteiger partial charge in [-0.1, -0.05) is 26.0 Å². The molecule has 0 aliphatic heterocycles. The first-order valence-electron chi connectivity index (χ1n) is 12.4. The largest absolute Gasteiger partial charge is 0.467 e. The highest BCUT2D eigenvalue weighted by Gasteiger charge is 2.31. The number of urea groups is 1. The summed E-state index contributed by atoms with van der Waals surface area (Å²) in [4.78, 5) is 72.0. The standard InChI is InChI=1S/C25H38N6O9/c1-14(2)18(27-3)21(33)30-17(7-6-12-28-24(26)36)20(32)29-16-10-8-15(9-11-16)13-40-25(37)31-19(22(34)38-4)23(35)39-5/h8-11,14,17-19,27H,6-7,12-13H2,1-5H3,(H,29,32)(H,30,33)(H,31,37)(H3,26,28,36)/t17-,18-/m0/s1. The van der Waals surface area contributed by atoms with Crippen molar-refractivity contribution >= 4 is 41.6 Å². The number of ether oxygens (including phenoxy) is 3. The second-order valence-corrected chi connectivity index (χ2v) is 8.89. The van der Waals surface area contributed by atoms with Crippen molar-refractivity contribution in [2.75, 3.05) is 33.1 Å². The third-order valence-corrected chi connectivity index (χ3v) is 5.59. The smallest absolute Gasteiger partial charge is 0.408 e. The van der Waals surface area contributed by atoms with Crippen molar-refractivity contribution in [3.05, 3.63) is 29.8 Å². The Labute approximate surface area is 232 Å². The van der Waals surface area contributed by atoms with Gasteiger partial charge in [-0.2, -0.15) is 0 Å². The van der Waals surface area contributed by atoms with E-state index >= 15 is 0 Å². The Bertz CT molecular complexity index is 1020. The predicted octanol–water partition coefficient (Wildman–Crippen LogP) is -0.257. The van der Waals surface area contributed by atoms with Crippen LogP contribution in [0.4, 0.5) is 15.3 Å². The fourth-order valence-electron chi connectivity index (χ4n) is 3.49. The molecule has 15 nitrogen and oxygen atoms in total. The van der Waals surface area contributed by atoms with Crippen LogP contribution in [-0.2, 0) is 40.0 Å². The molecule has 1 aromatic carbocycles. The molecule has 0 aliphatic carbocycles. The summed E-state index contributed by atoms with van der Waals surface area (Å²) in [6.07, 6.45) is -0.423. The van der Waals surface area contributed by atoms with Gasteiger partial charge in [-0.05, 0) is 43.5 Å². The number of nitrogens with two attached hydrogens (primary N) is 1. The number of amides is 5. The molecule has 2 atom stereocenters. The highest BCUT2D eigenvalue weighted by Crippen LogP contribution is 2.13. The van der Waals surface area contributed by atoms with E-state index in [1.807, 2.05) is 13.8 Å². The van der Waals surface area contributed by atoms with Crippen molar-refractivity contribution in [1.29, 1.82) is 0 Å². The number of carbonyl (C=O) groups is 6. The number of anilines is 1. The molecule has 0 bridgehead atoms. The highest BCUT2D eigenvalue weighted by atomic mass is 16.6. The van der Waals surface area contributed by atoms with Crippen LogP contribution in [0, 0.1) is 5.92 Å². The van der Waals surface area contributed by atoms with Gasteiger partial charge in [0, 0.05) is 12.2 Å². The maximum absolute atomic E-state index is 13.0. The van der Waals surface area contributed by atoms with Crippen LogP contribution in [0.1, 0.15) is 32.3 Å². The average molecular weight is 567 g/mol. The molecule has 1 aromatic rings. The van der Waals surface area contributed by atoms with Gasteiger partial charge in [-0.15, -0.1) is 0 Å². The van der Waals surface area contributed by atoms with Gasteiger partial charge >= 0.3 is 24.1 Å². The number of likely N-dealkylation sites (N-methyl/N-ethyl adjacent to an activating group) is 1. The van der Waals surface area contributed by atoms with Crippen LogP contribution < -0.4 is 32.3 Å². The van der Waals surface area contributed by atoms with Gasteiger partial charge in [0.2, 0.25) is 17.9 Å². The average Bonchev–Trinajstić information content (AvgIpc) is 2.92. The SMILES string of the molecule is CN[C@H](C(=O)N[C@@H](CCCNC(N)=O)C(=O)Nc1ccc(COC(=O)NC(C(=O)OC)C(=O)OC)cc1)C(C)C.